The Bertz CT molecular complexity index is 731. The van der Waals surface area contributed by atoms with E-state index in [9.17, 15) is 18.0 Å². The maximum absolute atomic E-state index is 12.1. The van der Waals surface area contributed by atoms with Gasteiger partial charge in [-0.1, -0.05) is 37.5 Å². The van der Waals surface area contributed by atoms with Crippen LogP contribution in [0.1, 0.15) is 38.2 Å². The van der Waals surface area contributed by atoms with Crippen LogP contribution in [0.15, 0.2) is 29.2 Å². The van der Waals surface area contributed by atoms with E-state index < -0.39 is 22.5 Å². The molecule has 1 aromatic rings. The van der Waals surface area contributed by atoms with E-state index in [0.29, 0.717) is 5.92 Å². The predicted molar refractivity (Wildman–Crippen MR) is 98.9 cm³/mol. The highest BCUT2D eigenvalue weighted by Crippen LogP contribution is 2.23. The van der Waals surface area contributed by atoms with Crippen LogP contribution in [0.25, 0.3) is 0 Å². The molecule has 1 aliphatic rings. The van der Waals surface area contributed by atoms with Gasteiger partial charge < -0.3 is 10.6 Å². The summed E-state index contributed by atoms with van der Waals surface area (Å²) in [6, 6.07) is 6.48. The fourth-order valence-electron chi connectivity index (χ4n) is 2.99. The van der Waals surface area contributed by atoms with Gasteiger partial charge in [0.15, 0.2) is 0 Å². The van der Waals surface area contributed by atoms with Gasteiger partial charge in [-0.25, -0.2) is 13.1 Å². The molecule has 0 heterocycles. The van der Waals surface area contributed by atoms with Crippen molar-refractivity contribution in [2.75, 3.05) is 13.1 Å². The highest BCUT2D eigenvalue weighted by molar-refractivity contribution is 7.89. The van der Waals surface area contributed by atoms with Crippen LogP contribution in [0.4, 0.5) is 0 Å². The molecule has 3 N–H and O–H groups in total. The summed E-state index contributed by atoms with van der Waals surface area (Å²) in [7, 11) is -3.75. The summed E-state index contributed by atoms with van der Waals surface area (Å²) in [6.45, 7) is 3.40. The Morgan fingerprint density at radius 2 is 1.69 bits per heavy atom. The Morgan fingerprint density at radius 1 is 1.04 bits per heavy atom. The number of aryl methyl sites for hydroxylation is 1. The van der Waals surface area contributed by atoms with Crippen LogP contribution >= 0.6 is 0 Å². The molecule has 0 spiro atoms. The molecule has 1 saturated carbocycles. The lowest BCUT2D eigenvalue weighted by molar-refractivity contribution is -0.126. The normalized spacial score (nSPS) is 20.4. The predicted octanol–water partition coefficient (Wildman–Crippen LogP) is 1.08. The zero-order valence-electron chi connectivity index (χ0n) is 15.2. The topological polar surface area (TPSA) is 104 Å². The third-order valence-electron chi connectivity index (χ3n) is 4.66. The zero-order chi connectivity index (χ0) is 19.2. The molecule has 7 nitrogen and oxygen atoms in total. The molecule has 26 heavy (non-hydrogen) atoms. The molecule has 8 heteroatoms. The summed E-state index contributed by atoms with van der Waals surface area (Å²) < 4.78 is 26.5. The van der Waals surface area contributed by atoms with Gasteiger partial charge in [-0.05, 0) is 37.8 Å². The van der Waals surface area contributed by atoms with E-state index >= 15 is 0 Å². The highest BCUT2D eigenvalue weighted by Gasteiger charge is 2.23. The number of sulfonamides is 1. The van der Waals surface area contributed by atoms with Gasteiger partial charge in [-0.3, -0.25) is 9.59 Å². The summed E-state index contributed by atoms with van der Waals surface area (Å²) in [4.78, 5) is 23.9. The van der Waals surface area contributed by atoms with Gasteiger partial charge in [0.05, 0.1) is 18.0 Å². The minimum atomic E-state index is -3.75. The van der Waals surface area contributed by atoms with Crippen molar-refractivity contribution in [2.24, 2.45) is 5.92 Å². The number of carbonyl (C=O) groups excluding carboxylic acids is 2. The molecule has 2 atom stereocenters. The van der Waals surface area contributed by atoms with Gasteiger partial charge in [0.2, 0.25) is 21.8 Å². The molecule has 0 aromatic heterocycles. The average molecular weight is 381 g/mol. The maximum Gasteiger partial charge on any atom is 0.241 e. The second kappa shape index (κ2) is 9.14. The zero-order valence-corrected chi connectivity index (χ0v) is 16.1. The number of nitrogens with one attached hydrogen (secondary N) is 3. The molecule has 0 saturated heterocycles. The quantitative estimate of drug-likeness (QED) is 0.657. The molecule has 1 aliphatic carbocycles. The van der Waals surface area contributed by atoms with E-state index in [4.69, 9.17) is 0 Å². The summed E-state index contributed by atoms with van der Waals surface area (Å²) in [6.07, 6.45) is 4.34. The van der Waals surface area contributed by atoms with E-state index in [2.05, 4.69) is 22.3 Å². The number of hydrogen-bond donors (Lipinski definition) is 3. The molecule has 1 fully saturated rings. The van der Waals surface area contributed by atoms with E-state index in [1.54, 1.807) is 12.1 Å². The van der Waals surface area contributed by atoms with E-state index in [-0.39, 0.29) is 23.4 Å². The van der Waals surface area contributed by atoms with Crippen molar-refractivity contribution in [3.63, 3.8) is 0 Å². The fraction of sp³-hybridized carbons (Fsp3) is 0.556. The van der Waals surface area contributed by atoms with E-state index in [1.807, 2.05) is 6.92 Å². The molecule has 1 aromatic carbocycles. The number of hydrogen-bond acceptors (Lipinski definition) is 4. The second-order valence-electron chi connectivity index (χ2n) is 6.85. The van der Waals surface area contributed by atoms with Gasteiger partial charge in [0.1, 0.15) is 0 Å². The van der Waals surface area contributed by atoms with Crippen molar-refractivity contribution < 1.29 is 18.0 Å². The first kappa shape index (κ1) is 20.4. The Balaban J connectivity index is 1.74. The number of carbonyl (C=O) groups is 2. The fourth-order valence-corrected chi connectivity index (χ4v) is 3.97. The Kier molecular flexibility index (Phi) is 7.16. The van der Waals surface area contributed by atoms with Crippen molar-refractivity contribution in [3.05, 3.63) is 29.8 Å². The molecule has 0 radical (unpaired) electrons. The van der Waals surface area contributed by atoms with Crippen LogP contribution in [0.2, 0.25) is 0 Å². The van der Waals surface area contributed by atoms with Crippen molar-refractivity contribution in [1.82, 2.24) is 15.4 Å². The van der Waals surface area contributed by atoms with Crippen LogP contribution in [-0.4, -0.2) is 39.4 Å². The van der Waals surface area contributed by atoms with Crippen LogP contribution < -0.4 is 15.4 Å². The highest BCUT2D eigenvalue weighted by atomic mass is 32.2. The third kappa shape index (κ3) is 6.10. The Hall–Kier alpha value is -1.93. The van der Waals surface area contributed by atoms with E-state index in [1.165, 1.54) is 18.6 Å². The van der Waals surface area contributed by atoms with Crippen LogP contribution in [-0.2, 0) is 19.6 Å². The van der Waals surface area contributed by atoms with Gasteiger partial charge in [0.25, 0.3) is 0 Å². The summed E-state index contributed by atoms with van der Waals surface area (Å²) in [5.74, 6) is -0.365. The van der Waals surface area contributed by atoms with Crippen molar-refractivity contribution >= 4 is 21.8 Å². The first-order valence-electron chi connectivity index (χ1n) is 8.90. The van der Waals surface area contributed by atoms with Gasteiger partial charge in [-0.15, -0.1) is 0 Å². The molecular weight excluding hydrogens is 354 g/mol. The summed E-state index contributed by atoms with van der Waals surface area (Å²) >= 11 is 0. The minimum Gasteiger partial charge on any atom is -0.352 e. The van der Waals surface area contributed by atoms with Crippen LogP contribution in [0, 0.1) is 12.8 Å². The van der Waals surface area contributed by atoms with Crippen LogP contribution in [0.5, 0.6) is 0 Å². The van der Waals surface area contributed by atoms with Gasteiger partial charge >= 0.3 is 0 Å². The van der Waals surface area contributed by atoms with Crippen molar-refractivity contribution in [3.8, 4) is 0 Å². The maximum atomic E-state index is 12.1. The average Bonchev–Trinajstić information content (AvgIpc) is 2.60. The molecule has 0 bridgehead atoms. The molecule has 0 unspecified atom stereocenters. The molecule has 2 amide bonds. The Labute approximate surface area is 155 Å². The third-order valence-corrected chi connectivity index (χ3v) is 6.08. The second-order valence-corrected chi connectivity index (χ2v) is 8.62. The standard InChI is InChI=1S/C18H27N3O4S/c1-13-7-9-15(10-8-13)26(24,25)20-12-17(22)19-11-18(23)21-16-6-4-3-5-14(16)2/h7-10,14,16,20H,3-6,11-12H2,1-2H3,(H,19,22)(H,21,23)/t14-,16-/m1/s1. The molecule has 144 valence electrons. The lowest BCUT2D eigenvalue weighted by Crippen LogP contribution is -2.47. The first-order valence-corrected chi connectivity index (χ1v) is 10.4. The minimum absolute atomic E-state index is 0.0972. The van der Waals surface area contributed by atoms with E-state index in [0.717, 1.165) is 24.8 Å². The lowest BCUT2D eigenvalue weighted by atomic mass is 9.86. The summed E-state index contributed by atoms with van der Waals surface area (Å²) in [5, 5.41) is 5.38. The van der Waals surface area contributed by atoms with Crippen LogP contribution in [0.3, 0.4) is 0 Å². The molecule has 0 aliphatic heterocycles. The molecule has 2 rings (SSSR count). The monoisotopic (exact) mass is 381 g/mol. The summed E-state index contributed by atoms with van der Waals surface area (Å²) in [5.41, 5.74) is 0.944. The number of amides is 2. The largest absolute Gasteiger partial charge is 0.352 e. The van der Waals surface area contributed by atoms with Gasteiger partial charge in [-0.2, -0.15) is 0 Å². The number of rotatable bonds is 7. The lowest BCUT2D eigenvalue weighted by Gasteiger charge is -2.29. The Morgan fingerprint density at radius 3 is 2.35 bits per heavy atom. The van der Waals surface area contributed by atoms with Gasteiger partial charge in [0, 0.05) is 6.04 Å². The van der Waals surface area contributed by atoms with Crippen molar-refractivity contribution in [2.45, 2.75) is 50.5 Å². The molecular formula is C18H27N3O4S. The van der Waals surface area contributed by atoms with Crippen molar-refractivity contribution in [1.29, 1.82) is 0 Å². The SMILES string of the molecule is Cc1ccc(S(=O)(=O)NCC(=O)NCC(=O)N[C@@H]2CCCC[C@H]2C)cc1. The first-order chi connectivity index (χ1) is 12.3. The smallest absolute Gasteiger partial charge is 0.241 e. The number of benzene rings is 1.